The van der Waals surface area contributed by atoms with Crippen molar-refractivity contribution in [1.82, 2.24) is 9.55 Å². The molecule has 0 bridgehead atoms. The highest BCUT2D eigenvalue weighted by Crippen LogP contribution is 2.12. The Morgan fingerprint density at radius 3 is 2.78 bits per heavy atom. The predicted octanol–water partition coefficient (Wildman–Crippen LogP) is 2.95. The summed E-state index contributed by atoms with van der Waals surface area (Å²) in [5.41, 5.74) is 0. The van der Waals surface area contributed by atoms with Crippen LogP contribution in [-0.2, 0) is 0 Å². The number of nitrogens with zero attached hydrogens (tertiary/aromatic N) is 2. The van der Waals surface area contributed by atoms with E-state index in [9.17, 15) is 0 Å². The maximum atomic E-state index is 5.61. The van der Waals surface area contributed by atoms with E-state index < -0.39 is 0 Å². The van der Waals surface area contributed by atoms with E-state index in [4.69, 9.17) is 4.74 Å². The molecule has 2 rings (SSSR count). The molecule has 0 amide bonds. The van der Waals surface area contributed by atoms with Gasteiger partial charge in [0, 0.05) is 18.4 Å². The van der Waals surface area contributed by atoms with Crippen LogP contribution in [0.4, 0.5) is 5.95 Å². The lowest BCUT2D eigenvalue weighted by molar-refractivity contribution is 0.332. The van der Waals surface area contributed by atoms with Crippen molar-refractivity contribution in [3.63, 3.8) is 0 Å². The fraction of sp³-hybridized carbons (Fsp3) is 0.357. The molecule has 1 aromatic carbocycles. The average molecular weight is 245 g/mol. The van der Waals surface area contributed by atoms with E-state index in [-0.39, 0.29) is 0 Å². The number of para-hydroxylation sites is 1. The van der Waals surface area contributed by atoms with E-state index in [1.165, 1.54) is 0 Å². The molecule has 0 aliphatic rings. The van der Waals surface area contributed by atoms with E-state index in [1.807, 2.05) is 36.5 Å². The number of ether oxygens (including phenoxy) is 1. The maximum Gasteiger partial charge on any atom is 0.203 e. The fourth-order valence-electron chi connectivity index (χ4n) is 1.72. The number of rotatable bonds is 6. The lowest BCUT2D eigenvalue weighted by Crippen LogP contribution is -2.15. The molecule has 0 spiro atoms. The number of hydrogen-bond donors (Lipinski definition) is 1. The van der Waals surface area contributed by atoms with Crippen molar-refractivity contribution in [3.8, 4) is 5.75 Å². The van der Waals surface area contributed by atoms with Gasteiger partial charge in [0.1, 0.15) is 12.4 Å². The Bertz CT molecular complexity index is 465. The zero-order chi connectivity index (χ0) is 12.8. The molecule has 1 N–H and O–H groups in total. The van der Waals surface area contributed by atoms with Gasteiger partial charge in [-0.3, -0.25) is 0 Å². The average Bonchev–Trinajstić information content (AvgIpc) is 2.84. The van der Waals surface area contributed by atoms with Gasteiger partial charge < -0.3 is 14.6 Å². The zero-order valence-corrected chi connectivity index (χ0v) is 10.8. The van der Waals surface area contributed by atoms with Crippen LogP contribution in [-0.4, -0.2) is 22.7 Å². The molecule has 0 fully saturated rings. The molecular weight excluding hydrogens is 226 g/mol. The van der Waals surface area contributed by atoms with Crippen LogP contribution in [0.2, 0.25) is 0 Å². The summed E-state index contributed by atoms with van der Waals surface area (Å²) in [4.78, 5) is 4.28. The van der Waals surface area contributed by atoms with Gasteiger partial charge in [0.2, 0.25) is 5.95 Å². The first-order valence-corrected chi connectivity index (χ1v) is 6.22. The molecule has 0 aliphatic carbocycles. The van der Waals surface area contributed by atoms with Crippen molar-refractivity contribution in [2.24, 2.45) is 0 Å². The number of aromatic nitrogens is 2. The Balaban J connectivity index is 1.77. The number of nitrogens with one attached hydrogen (secondary N) is 1. The second-order valence-electron chi connectivity index (χ2n) is 4.34. The SMILES string of the molecule is CC(C)n1ccnc1NCCOc1ccccc1. The van der Waals surface area contributed by atoms with Crippen LogP contribution in [0.15, 0.2) is 42.7 Å². The lowest BCUT2D eigenvalue weighted by atomic mass is 10.3. The molecule has 0 saturated heterocycles. The quantitative estimate of drug-likeness (QED) is 0.795. The number of hydrogen-bond acceptors (Lipinski definition) is 3. The van der Waals surface area contributed by atoms with Crippen LogP contribution in [0, 0.1) is 0 Å². The van der Waals surface area contributed by atoms with E-state index in [2.05, 4.69) is 28.7 Å². The molecule has 0 atom stereocenters. The molecule has 0 aliphatic heterocycles. The van der Waals surface area contributed by atoms with E-state index in [1.54, 1.807) is 6.20 Å². The molecule has 0 unspecified atom stereocenters. The van der Waals surface area contributed by atoms with Gasteiger partial charge in [-0.2, -0.15) is 0 Å². The predicted molar refractivity (Wildman–Crippen MR) is 73.0 cm³/mol. The van der Waals surface area contributed by atoms with Crippen LogP contribution in [0.1, 0.15) is 19.9 Å². The highest BCUT2D eigenvalue weighted by Gasteiger charge is 2.04. The van der Waals surface area contributed by atoms with Crippen LogP contribution >= 0.6 is 0 Å². The van der Waals surface area contributed by atoms with E-state index in [0.29, 0.717) is 12.6 Å². The molecule has 4 heteroatoms. The smallest absolute Gasteiger partial charge is 0.203 e. The van der Waals surface area contributed by atoms with E-state index in [0.717, 1.165) is 18.2 Å². The van der Waals surface area contributed by atoms with Gasteiger partial charge in [-0.1, -0.05) is 18.2 Å². The normalized spacial score (nSPS) is 10.6. The Hall–Kier alpha value is -1.97. The Morgan fingerprint density at radius 2 is 2.06 bits per heavy atom. The molecule has 1 aromatic heterocycles. The zero-order valence-electron chi connectivity index (χ0n) is 10.8. The summed E-state index contributed by atoms with van der Waals surface area (Å²) in [6.45, 7) is 5.62. The van der Waals surface area contributed by atoms with Crippen LogP contribution < -0.4 is 10.1 Å². The van der Waals surface area contributed by atoms with Crippen molar-refractivity contribution < 1.29 is 4.74 Å². The van der Waals surface area contributed by atoms with Crippen LogP contribution in [0.5, 0.6) is 5.75 Å². The minimum absolute atomic E-state index is 0.407. The second kappa shape index (κ2) is 6.10. The number of imidazole rings is 1. The van der Waals surface area contributed by atoms with Crippen molar-refractivity contribution in [2.45, 2.75) is 19.9 Å². The Kier molecular flexibility index (Phi) is 4.23. The summed E-state index contributed by atoms with van der Waals surface area (Å²) in [6.07, 6.45) is 3.78. The molecule has 4 nitrogen and oxygen atoms in total. The number of anilines is 1. The molecule has 96 valence electrons. The van der Waals surface area contributed by atoms with Crippen molar-refractivity contribution in [3.05, 3.63) is 42.7 Å². The third-order valence-corrected chi connectivity index (χ3v) is 2.62. The highest BCUT2D eigenvalue weighted by molar-refractivity contribution is 5.26. The third kappa shape index (κ3) is 3.26. The first-order chi connectivity index (χ1) is 8.77. The second-order valence-corrected chi connectivity index (χ2v) is 4.34. The van der Waals surface area contributed by atoms with Gasteiger partial charge in [-0.25, -0.2) is 4.98 Å². The van der Waals surface area contributed by atoms with E-state index >= 15 is 0 Å². The maximum absolute atomic E-state index is 5.61. The first kappa shape index (κ1) is 12.5. The lowest BCUT2D eigenvalue weighted by Gasteiger charge is -2.13. The molecule has 0 radical (unpaired) electrons. The summed E-state index contributed by atoms with van der Waals surface area (Å²) in [7, 11) is 0. The summed E-state index contributed by atoms with van der Waals surface area (Å²) in [6, 6.07) is 10.2. The van der Waals surface area contributed by atoms with Gasteiger partial charge in [0.15, 0.2) is 0 Å². The summed E-state index contributed by atoms with van der Waals surface area (Å²) >= 11 is 0. The summed E-state index contributed by atoms with van der Waals surface area (Å²) < 4.78 is 7.70. The number of benzene rings is 1. The van der Waals surface area contributed by atoms with Crippen LogP contribution in [0.3, 0.4) is 0 Å². The van der Waals surface area contributed by atoms with Gasteiger partial charge in [-0.15, -0.1) is 0 Å². The van der Waals surface area contributed by atoms with Crippen molar-refractivity contribution in [2.75, 3.05) is 18.5 Å². The van der Waals surface area contributed by atoms with Crippen molar-refractivity contribution >= 4 is 5.95 Å². The van der Waals surface area contributed by atoms with Gasteiger partial charge in [0.25, 0.3) is 0 Å². The minimum atomic E-state index is 0.407. The molecule has 2 aromatic rings. The minimum Gasteiger partial charge on any atom is -0.492 e. The summed E-state index contributed by atoms with van der Waals surface area (Å²) in [5, 5.41) is 3.27. The molecule has 0 saturated carbocycles. The fourth-order valence-corrected chi connectivity index (χ4v) is 1.72. The highest BCUT2D eigenvalue weighted by atomic mass is 16.5. The summed E-state index contributed by atoms with van der Waals surface area (Å²) in [5.74, 6) is 1.79. The third-order valence-electron chi connectivity index (χ3n) is 2.62. The molecule has 1 heterocycles. The Morgan fingerprint density at radius 1 is 1.28 bits per heavy atom. The topological polar surface area (TPSA) is 39.1 Å². The largest absolute Gasteiger partial charge is 0.492 e. The monoisotopic (exact) mass is 245 g/mol. The first-order valence-electron chi connectivity index (χ1n) is 6.22. The van der Waals surface area contributed by atoms with Crippen molar-refractivity contribution in [1.29, 1.82) is 0 Å². The standard InChI is InChI=1S/C14H19N3O/c1-12(2)17-10-8-15-14(17)16-9-11-18-13-6-4-3-5-7-13/h3-8,10,12H,9,11H2,1-2H3,(H,15,16). The van der Waals surface area contributed by atoms with Crippen LogP contribution in [0.25, 0.3) is 0 Å². The molecular formula is C14H19N3O. The van der Waals surface area contributed by atoms with Gasteiger partial charge in [-0.05, 0) is 26.0 Å². The van der Waals surface area contributed by atoms with Gasteiger partial charge in [0.05, 0.1) is 6.54 Å². The Labute approximate surface area is 108 Å². The molecule has 18 heavy (non-hydrogen) atoms. The van der Waals surface area contributed by atoms with Gasteiger partial charge >= 0.3 is 0 Å².